The monoisotopic (exact) mass is 308 g/mol. The molecule has 0 spiro atoms. The van der Waals surface area contributed by atoms with E-state index < -0.39 is 0 Å². The van der Waals surface area contributed by atoms with Crippen LogP contribution in [0.15, 0.2) is 4.47 Å². The van der Waals surface area contributed by atoms with E-state index in [9.17, 15) is 0 Å². The maximum atomic E-state index is 5.88. The zero-order chi connectivity index (χ0) is 11.0. The van der Waals surface area contributed by atoms with Gasteiger partial charge >= 0.3 is 0 Å². The van der Waals surface area contributed by atoms with E-state index in [0.717, 1.165) is 36.2 Å². The van der Waals surface area contributed by atoms with Crippen LogP contribution in [0.5, 0.6) is 0 Å². The molecule has 2 N–H and O–H groups in total. The molecule has 6 heteroatoms. The van der Waals surface area contributed by atoms with Crippen molar-refractivity contribution in [2.24, 2.45) is 12.8 Å². The molecule has 2 heterocycles. The number of rotatable bonds is 2. The summed E-state index contributed by atoms with van der Waals surface area (Å²) in [5.74, 6) is 0. The van der Waals surface area contributed by atoms with Crippen LogP contribution >= 0.6 is 28.3 Å². The van der Waals surface area contributed by atoms with Crippen molar-refractivity contribution in [1.82, 2.24) is 14.7 Å². The highest BCUT2D eigenvalue weighted by Gasteiger charge is 2.21. The number of nitrogens with two attached hydrogens (primary N) is 1. The first-order chi connectivity index (χ1) is 7.08. The molecule has 1 fully saturated rings. The number of aryl methyl sites for hydroxylation is 2. The predicted octanol–water partition coefficient (Wildman–Crippen LogP) is 1.45. The van der Waals surface area contributed by atoms with Gasteiger partial charge in [0.1, 0.15) is 0 Å². The van der Waals surface area contributed by atoms with E-state index in [0.29, 0.717) is 6.04 Å². The van der Waals surface area contributed by atoms with E-state index in [1.807, 2.05) is 18.7 Å². The molecule has 0 bridgehead atoms. The van der Waals surface area contributed by atoms with Crippen molar-refractivity contribution in [3.05, 3.63) is 15.9 Å². The van der Waals surface area contributed by atoms with Crippen LogP contribution in [0.1, 0.15) is 17.8 Å². The second-order valence-corrected chi connectivity index (χ2v) is 5.05. The summed E-state index contributed by atoms with van der Waals surface area (Å²) in [5, 5.41) is 4.38. The topological polar surface area (TPSA) is 47.1 Å². The Balaban J connectivity index is 0.00000128. The number of hydrogen-bond donors (Lipinski definition) is 1. The standard InChI is InChI=1S/C10H17BrN4.ClH/c1-7-10(11)9(14(2)13-7)6-15-4-3-8(12)5-15;/h8H,3-6,12H2,1-2H3;1H/t8-;/m0./s1. The summed E-state index contributed by atoms with van der Waals surface area (Å²) < 4.78 is 3.08. The van der Waals surface area contributed by atoms with Crippen LogP contribution in [-0.2, 0) is 13.6 Å². The van der Waals surface area contributed by atoms with E-state index in [-0.39, 0.29) is 12.4 Å². The number of halogens is 2. The molecule has 1 aliphatic heterocycles. The fourth-order valence-electron chi connectivity index (χ4n) is 2.07. The van der Waals surface area contributed by atoms with E-state index in [4.69, 9.17) is 5.73 Å². The molecular formula is C10H18BrClN4. The van der Waals surface area contributed by atoms with Gasteiger partial charge in [-0.15, -0.1) is 12.4 Å². The van der Waals surface area contributed by atoms with Gasteiger partial charge in [-0.2, -0.15) is 5.10 Å². The molecule has 1 aliphatic rings. The first-order valence-corrected chi connectivity index (χ1v) is 6.03. The zero-order valence-electron chi connectivity index (χ0n) is 9.61. The lowest BCUT2D eigenvalue weighted by Crippen LogP contribution is -2.27. The molecule has 0 amide bonds. The Hall–Kier alpha value is -0.100. The molecule has 16 heavy (non-hydrogen) atoms. The predicted molar refractivity (Wildman–Crippen MR) is 70.8 cm³/mol. The first-order valence-electron chi connectivity index (χ1n) is 5.24. The molecule has 2 rings (SSSR count). The normalized spacial score (nSPS) is 21.1. The number of likely N-dealkylation sites (tertiary alicyclic amines) is 1. The van der Waals surface area contributed by atoms with E-state index >= 15 is 0 Å². The van der Waals surface area contributed by atoms with Gasteiger partial charge in [0, 0.05) is 32.7 Å². The van der Waals surface area contributed by atoms with Crippen LogP contribution < -0.4 is 5.73 Å². The second-order valence-electron chi connectivity index (χ2n) is 4.25. The third-order valence-corrected chi connectivity index (χ3v) is 3.98. The SMILES string of the molecule is Cc1nn(C)c(CN2CC[C@H](N)C2)c1Br.Cl. The highest BCUT2D eigenvalue weighted by molar-refractivity contribution is 9.10. The minimum atomic E-state index is 0. The minimum absolute atomic E-state index is 0. The van der Waals surface area contributed by atoms with Crippen molar-refractivity contribution in [2.75, 3.05) is 13.1 Å². The fourth-order valence-corrected chi connectivity index (χ4v) is 2.53. The summed E-state index contributed by atoms with van der Waals surface area (Å²) in [7, 11) is 1.99. The van der Waals surface area contributed by atoms with Crippen LogP contribution in [0, 0.1) is 6.92 Å². The van der Waals surface area contributed by atoms with Gasteiger partial charge in [0.25, 0.3) is 0 Å². The van der Waals surface area contributed by atoms with Crippen molar-refractivity contribution < 1.29 is 0 Å². The lowest BCUT2D eigenvalue weighted by molar-refractivity contribution is 0.316. The van der Waals surface area contributed by atoms with E-state index in [2.05, 4.69) is 25.9 Å². The quantitative estimate of drug-likeness (QED) is 0.899. The van der Waals surface area contributed by atoms with E-state index in [1.54, 1.807) is 0 Å². The van der Waals surface area contributed by atoms with Crippen LogP contribution in [0.25, 0.3) is 0 Å². The van der Waals surface area contributed by atoms with Gasteiger partial charge < -0.3 is 5.73 Å². The van der Waals surface area contributed by atoms with Gasteiger partial charge in [0.05, 0.1) is 15.9 Å². The van der Waals surface area contributed by atoms with Gasteiger partial charge in [-0.05, 0) is 29.3 Å². The average Bonchev–Trinajstić information content (AvgIpc) is 2.67. The van der Waals surface area contributed by atoms with Gasteiger partial charge in [0.15, 0.2) is 0 Å². The summed E-state index contributed by atoms with van der Waals surface area (Å²) in [6, 6.07) is 0.345. The van der Waals surface area contributed by atoms with Crippen molar-refractivity contribution in [3.63, 3.8) is 0 Å². The molecule has 92 valence electrons. The Morgan fingerprint density at radius 3 is 2.69 bits per heavy atom. The zero-order valence-corrected chi connectivity index (χ0v) is 12.0. The van der Waals surface area contributed by atoms with Crippen molar-refractivity contribution in [1.29, 1.82) is 0 Å². The van der Waals surface area contributed by atoms with Crippen LogP contribution in [0.4, 0.5) is 0 Å². The Bertz CT molecular complexity index is 366. The first kappa shape index (κ1) is 14.0. The molecule has 0 aromatic carbocycles. The number of hydrogen-bond acceptors (Lipinski definition) is 3. The molecular weight excluding hydrogens is 291 g/mol. The number of nitrogens with zero attached hydrogens (tertiary/aromatic N) is 3. The van der Waals surface area contributed by atoms with Crippen molar-refractivity contribution >= 4 is 28.3 Å². The highest BCUT2D eigenvalue weighted by Crippen LogP contribution is 2.22. The van der Waals surface area contributed by atoms with Gasteiger partial charge in [-0.3, -0.25) is 9.58 Å². The van der Waals surface area contributed by atoms with Crippen molar-refractivity contribution in [3.8, 4) is 0 Å². The third-order valence-electron chi connectivity index (χ3n) is 2.94. The van der Waals surface area contributed by atoms with Crippen LogP contribution in [-0.4, -0.2) is 33.8 Å². The van der Waals surface area contributed by atoms with Gasteiger partial charge in [0.2, 0.25) is 0 Å². The lowest BCUT2D eigenvalue weighted by Gasteiger charge is -2.15. The van der Waals surface area contributed by atoms with Crippen LogP contribution in [0.2, 0.25) is 0 Å². The minimum Gasteiger partial charge on any atom is -0.326 e. The summed E-state index contributed by atoms with van der Waals surface area (Å²) in [4.78, 5) is 2.38. The molecule has 1 saturated heterocycles. The molecule has 1 aromatic heterocycles. The van der Waals surface area contributed by atoms with E-state index in [1.165, 1.54) is 5.69 Å². The third kappa shape index (κ3) is 2.77. The fraction of sp³-hybridized carbons (Fsp3) is 0.700. The Morgan fingerprint density at radius 1 is 1.56 bits per heavy atom. The summed E-state index contributed by atoms with van der Waals surface area (Å²) in [6.07, 6.45) is 1.11. The summed E-state index contributed by atoms with van der Waals surface area (Å²) in [6.45, 7) is 5.05. The molecule has 0 radical (unpaired) electrons. The average molecular weight is 310 g/mol. The molecule has 1 aromatic rings. The Morgan fingerprint density at radius 2 is 2.25 bits per heavy atom. The maximum absolute atomic E-state index is 5.88. The van der Waals surface area contributed by atoms with Gasteiger partial charge in [-0.1, -0.05) is 0 Å². The maximum Gasteiger partial charge on any atom is 0.0739 e. The molecule has 0 unspecified atom stereocenters. The molecule has 0 aliphatic carbocycles. The second kappa shape index (κ2) is 5.49. The smallest absolute Gasteiger partial charge is 0.0739 e. The Kier molecular flexibility index (Phi) is 4.79. The number of aromatic nitrogens is 2. The molecule has 4 nitrogen and oxygen atoms in total. The van der Waals surface area contributed by atoms with Gasteiger partial charge in [-0.25, -0.2) is 0 Å². The largest absolute Gasteiger partial charge is 0.326 e. The summed E-state index contributed by atoms with van der Waals surface area (Å²) in [5.41, 5.74) is 8.17. The molecule has 1 atom stereocenters. The lowest BCUT2D eigenvalue weighted by atomic mass is 10.3. The molecule has 0 saturated carbocycles. The highest BCUT2D eigenvalue weighted by atomic mass is 79.9. The van der Waals surface area contributed by atoms with Crippen molar-refractivity contribution in [2.45, 2.75) is 25.9 Å². The summed E-state index contributed by atoms with van der Waals surface area (Å²) >= 11 is 3.58. The van der Waals surface area contributed by atoms with Crippen LogP contribution in [0.3, 0.4) is 0 Å². The Labute approximate surface area is 111 Å².